The summed E-state index contributed by atoms with van der Waals surface area (Å²) in [5.74, 6) is -0.479. The van der Waals surface area contributed by atoms with Crippen LogP contribution in [0.25, 0.3) is 6.08 Å². The molecule has 0 atom stereocenters. The lowest BCUT2D eigenvalue weighted by atomic mass is 10.1. The van der Waals surface area contributed by atoms with E-state index in [4.69, 9.17) is 16.9 Å². The van der Waals surface area contributed by atoms with Gasteiger partial charge in [-0.1, -0.05) is 23.7 Å². The van der Waals surface area contributed by atoms with Gasteiger partial charge in [-0.3, -0.25) is 10.1 Å². The minimum absolute atomic E-state index is 0.0116. The second-order valence-corrected chi connectivity index (χ2v) is 4.84. The molecule has 1 aromatic heterocycles. The molecule has 0 aliphatic carbocycles. The first-order valence-corrected chi connectivity index (χ1v) is 6.53. The third-order valence-corrected chi connectivity index (χ3v) is 3.14. The molecule has 2 rings (SSSR count). The van der Waals surface area contributed by atoms with Crippen LogP contribution in [0.4, 0.5) is 5.13 Å². The number of nitrogens with zero attached hydrogens (tertiary/aromatic N) is 2. The van der Waals surface area contributed by atoms with E-state index in [1.165, 1.54) is 17.4 Å². The van der Waals surface area contributed by atoms with Gasteiger partial charge in [0.15, 0.2) is 5.13 Å². The normalized spacial score (nSPS) is 10.8. The molecular weight excluding hydrogens is 282 g/mol. The van der Waals surface area contributed by atoms with Crippen LogP contribution < -0.4 is 5.32 Å². The predicted molar refractivity (Wildman–Crippen MR) is 75.8 cm³/mol. The Hall–Kier alpha value is -2.16. The number of anilines is 1. The Bertz CT molecular complexity index is 642. The molecule has 1 amide bonds. The van der Waals surface area contributed by atoms with Gasteiger partial charge in [0.05, 0.1) is 0 Å². The maximum atomic E-state index is 11.9. The van der Waals surface area contributed by atoms with Crippen LogP contribution in [0.1, 0.15) is 5.56 Å². The molecular formula is C13H8ClN3OS. The number of benzene rings is 1. The molecule has 4 nitrogen and oxygen atoms in total. The van der Waals surface area contributed by atoms with Gasteiger partial charge in [0.25, 0.3) is 5.91 Å². The van der Waals surface area contributed by atoms with Gasteiger partial charge in [-0.25, -0.2) is 4.98 Å². The van der Waals surface area contributed by atoms with Crippen molar-refractivity contribution in [3.8, 4) is 6.07 Å². The number of carbonyl (C=O) groups excluding carboxylic acids is 1. The number of thiazole rings is 1. The first kappa shape index (κ1) is 13.3. The van der Waals surface area contributed by atoms with Gasteiger partial charge in [-0.05, 0) is 23.8 Å². The number of rotatable bonds is 3. The summed E-state index contributed by atoms with van der Waals surface area (Å²) in [5.41, 5.74) is 0.743. The van der Waals surface area contributed by atoms with Crippen molar-refractivity contribution < 1.29 is 4.79 Å². The molecule has 0 spiro atoms. The van der Waals surface area contributed by atoms with E-state index in [9.17, 15) is 4.79 Å². The van der Waals surface area contributed by atoms with Crippen molar-refractivity contribution >= 4 is 40.1 Å². The van der Waals surface area contributed by atoms with Crippen molar-refractivity contribution in [2.45, 2.75) is 0 Å². The van der Waals surface area contributed by atoms with Gasteiger partial charge in [0.1, 0.15) is 11.6 Å². The van der Waals surface area contributed by atoms with E-state index in [0.717, 1.165) is 5.56 Å². The first-order valence-electron chi connectivity index (χ1n) is 5.27. The summed E-state index contributed by atoms with van der Waals surface area (Å²) in [4.78, 5) is 15.8. The number of halogens is 1. The van der Waals surface area contributed by atoms with Crippen LogP contribution in [0.5, 0.6) is 0 Å². The topological polar surface area (TPSA) is 65.8 Å². The Labute approximate surface area is 119 Å². The van der Waals surface area contributed by atoms with Gasteiger partial charge in [0, 0.05) is 16.6 Å². The Morgan fingerprint density at radius 2 is 2.16 bits per heavy atom. The van der Waals surface area contributed by atoms with E-state index >= 15 is 0 Å². The summed E-state index contributed by atoms with van der Waals surface area (Å²) in [5, 5.41) is 14.4. The number of hydrogen-bond acceptors (Lipinski definition) is 4. The minimum Gasteiger partial charge on any atom is -0.297 e. The Morgan fingerprint density at radius 3 is 2.74 bits per heavy atom. The van der Waals surface area contributed by atoms with E-state index in [2.05, 4.69) is 10.3 Å². The van der Waals surface area contributed by atoms with E-state index in [1.807, 2.05) is 6.07 Å². The average Bonchev–Trinajstić information content (AvgIpc) is 2.90. The number of aromatic nitrogens is 1. The fourth-order valence-corrected chi connectivity index (χ4v) is 1.97. The highest BCUT2D eigenvalue weighted by Gasteiger charge is 2.10. The smallest absolute Gasteiger partial charge is 0.268 e. The van der Waals surface area contributed by atoms with Crippen LogP contribution >= 0.6 is 22.9 Å². The molecule has 0 saturated carbocycles. The Morgan fingerprint density at radius 1 is 1.42 bits per heavy atom. The van der Waals surface area contributed by atoms with Crippen molar-refractivity contribution in [3.05, 3.63) is 52.0 Å². The van der Waals surface area contributed by atoms with Crippen LogP contribution in [-0.4, -0.2) is 10.9 Å². The van der Waals surface area contributed by atoms with Crippen molar-refractivity contribution in [2.75, 3.05) is 5.32 Å². The Balaban J connectivity index is 2.17. The maximum Gasteiger partial charge on any atom is 0.268 e. The van der Waals surface area contributed by atoms with E-state index in [-0.39, 0.29) is 5.57 Å². The van der Waals surface area contributed by atoms with E-state index < -0.39 is 5.91 Å². The van der Waals surface area contributed by atoms with E-state index in [1.54, 1.807) is 35.8 Å². The molecule has 0 bridgehead atoms. The molecule has 1 heterocycles. The van der Waals surface area contributed by atoms with Crippen LogP contribution in [-0.2, 0) is 4.79 Å². The summed E-state index contributed by atoms with van der Waals surface area (Å²) in [7, 11) is 0. The molecule has 1 aromatic carbocycles. The number of carbonyl (C=O) groups is 1. The molecule has 0 radical (unpaired) electrons. The molecule has 2 aromatic rings. The second kappa shape index (κ2) is 6.14. The number of nitriles is 1. The van der Waals surface area contributed by atoms with Crippen LogP contribution in [0, 0.1) is 11.3 Å². The molecule has 0 aliphatic heterocycles. The second-order valence-electron chi connectivity index (χ2n) is 3.51. The summed E-state index contributed by atoms with van der Waals surface area (Å²) in [6.07, 6.45) is 3.08. The SMILES string of the molecule is N#C/C(=C/c1ccc(Cl)cc1)C(=O)Nc1nccs1. The van der Waals surface area contributed by atoms with Gasteiger partial charge < -0.3 is 0 Å². The molecule has 1 N–H and O–H groups in total. The van der Waals surface area contributed by atoms with Crippen molar-refractivity contribution in [3.63, 3.8) is 0 Å². The maximum absolute atomic E-state index is 11.9. The minimum atomic E-state index is -0.479. The fourth-order valence-electron chi connectivity index (χ4n) is 1.32. The molecule has 0 saturated heterocycles. The zero-order chi connectivity index (χ0) is 13.7. The zero-order valence-electron chi connectivity index (χ0n) is 9.63. The monoisotopic (exact) mass is 289 g/mol. The number of amides is 1. The number of hydrogen-bond donors (Lipinski definition) is 1. The van der Waals surface area contributed by atoms with Crippen LogP contribution in [0.3, 0.4) is 0 Å². The van der Waals surface area contributed by atoms with Gasteiger partial charge in [-0.2, -0.15) is 5.26 Å². The van der Waals surface area contributed by atoms with Crippen molar-refractivity contribution in [1.82, 2.24) is 4.98 Å². The third kappa shape index (κ3) is 3.65. The highest BCUT2D eigenvalue weighted by molar-refractivity contribution is 7.13. The summed E-state index contributed by atoms with van der Waals surface area (Å²) in [6.45, 7) is 0. The molecule has 6 heteroatoms. The molecule has 0 aliphatic rings. The lowest BCUT2D eigenvalue weighted by Crippen LogP contribution is -2.13. The summed E-state index contributed by atoms with van der Waals surface area (Å²) in [6, 6.07) is 8.73. The zero-order valence-corrected chi connectivity index (χ0v) is 11.2. The third-order valence-electron chi connectivity index (χ3n) is 2.20. The fraction of sp³-hybridized carbons (Fsp3) is 0. The van der Waals surface area contributed by atoms with Gasteiger partial charge >= 0.3 is 0 Å². The van der Waals surface area contributed by atoms with E-state index in [0.29, 0.717) is 10.2 Å². The van der Waals surface area contributed by atoms with Crippen molar-refractivity contribution in [2.24, 2.45) is 0 Å². The van der Waals surface area contributed by atoms with Gasteiger partial charge in [-0.15, -0.1) is 11.3 Å². The first-order chi connectivity index (χ1) is 9.19. The van der Waals surface area contributed by atoms with Crippen LogP contribution in [0.2, 0.25) is 5.02 Å². The van der Waals surface area contributed by atoms with Crippen molar-refractivity contribution in [1.29, 1.82) is 5.26 Å². The molecule has 0 unspecified atom stereocenters. The highest BCUT2D eigenvalue weighted by Crippen LogP contribution is 2.15. The quantitative estimate of drug-likeness (QED) is 0.696. The lowest BCUT2D eigenvalue weighted by molar-refractivity contribution is -0.112. The van der Waals surface area contributed by atoms with Crippen LogP contribution in [0.15, 0.2) is 41.4 Å². The summed E-state index contributed by atoms with van der Waals surface area (Å²) >= 11 is 7.06. The Kier molecular flexibility index (Phi) is 4.29. The highest BCUT2D eigenvalue weighted by atomic mass is 35.5. The predicted octanol–water partition coefficient (Wildman–Crippen LogP) is 3.34. The largest absolute Gasteiger partial charge is 0.297 e. The number of nitrogens with one attached hydrogen (secondary N) is 1. The standard InChI is InChI=1S/C13H8ClN3OS/c14-11-3-1-9(2-4-11)7-10(8-15)12(18)17-13-16-5-6-19-13/h1-7H,(H,16,17,18)/b10-7-. The summed E-state index contributed by atoms with van der Waals surface area (Å²) < 4.78 is 0. The van der Waals surface area contributed by atoms with Gasteiger partial charge in [0.2, 0.25) is 0 Å². The molecule has 19 heavy (non-hydrogen) atoms. The lowest BCUT2D eigenvalue weighted by Gasteiger charge is -2.00. The average molecular weight is 290 g/mol. The molecule has 0 fully saturated rings. The molecule has 94 valence electrons.